The molecule has 0 aliphatic heterocycles. The van der Waals surface area contributed by atoms with Crippen LogP contribution in [0.25, 0.3) is 10.9 Å². The largest absolute Gasteiger partial charge is 0.393 e. The van der Waals surface area contributed by atoms with Crippen molar-refractivity contribution in [1.29, 1.82) is 0 Å². The molecular weight excluding hydrogens is 246 g/mol. The van der Waals surface area contributed by atoms with E-state index in [0.29, 0.717) is 16.9 Å². The highest BCUT2D eigenvalue weighted by atomic mass is 32.1. The van der Waals surface area contributed by atoms with Gasteiger partial charge in [-0.05, 0) is 31.4 Å². The Bertz CT molecular complexity index is 621. The van der Waals surface area contributed by atoms with Gasteiger partial charge in [0.25, 0.3) is 5.56 Å². The van der Waals surface area contributed by atoms with Crippen LogP contribution in [0.15, 0.2) is 35.4 Å². The van der Waals surface area contributed by atoms with E-state index in [1.54, 1.807) is 17.0 Å². The van der Waals surface area contributed by atoms with Crippen LogP contribution >= 0.6 is 12.2 Å². The Hall–Kier alpha value is -1.75. The minimum Gasteiger partial charge on any atom is -0.393 e. The standard InChI is InChI=1S/C13H15N3OS/c14-12(18)7-3-4-8-16-9-15-11-6-2-1-5-10(11)13(16)17/h1-2,5-6,9H,3-4,7-8H2,(H2,14,18). The van der Waals surface area contributed by atoms with E-state index in [-0.39, 0.29) is 5.56 Å². The van der Waals surface area contributed by atoms with E-state index in [0.717, 1.165) is 24.8 Å². The smallest absolute Gasteiger partial charge is 0.261 e. The van der Waals surface area contributed by atoms with Gasteiger partial charge in [-0.15, -0.1) is 0 Å². The molecule has 0 bridgehead atoms. The second-order valence-corrected chi connectivity index (χ2v) is 4.71. The predicted octanol–water partition coefficient (Wildman–Crippen LogP) is 1.85. The fraction of sp³-hybridized carbons (Fsp3) is 0.308. The number of unbranched alkanes of at least 4 members (excludes halogenated alkanes) is 1. The van der Waals surface area contributed by atoms with E-state index in [2.05, 4.69) is 4.98 Å². The molecule has 0 aliphatic rings. The quantitative estimate of drug-likeness (QED) is 0.659. The van der Waals surface area contributed by atoms with E-state index >= 15 is 0 Å². The van der Waals surface area contributed by atoms with E-state index < -0.39 is 0 Å². The number of hydrogen-bond donors (Lipinski definition) is 1. The Kier molecular flexibility index (Phi) is 4.04. The van der Waals surface area contributed by atoms with Crippen LogP contribution in [-0.2, 0) is 6.54 Å². The van der Waals surface area contributed by atoms with Crippen molar-refractivity contribution < 1.29 is 0 Å². The average molecular weight is 261 g/mol. The summed E-state index contributed by atoms with van der Waals surface area (Å²) in [6.07, 6.45) is 4.10. The molecule has 0 amide bonds. The van der Waals surface area contributed by atoms with Crippen LogP contribution in [0.4, 0.5) is 0 Å². The van der Waals surface area contributed by atoms with Gasteiger partial charge in [-0.25, -0.2) is 4.98 Å². The minimum atomic E-state index is 0.0101. The molecule has 5 heteroatoms. The van der Waals surface area contributed by atoms with E-state index in [1.165, 1.54) is 0 Å². The van der Waals surface area contributed by atoms with Crippen LogP contribution in [0.5, 0.6) is 0 Å². The first-order valence-corrected chi connectivity index (χ1v) is 6.32. The lowest BCUT2D eigenvalue weighted by Crippen LogP contribution is -2.20. The molecule has 94 valence electrons. The Labute approximate surface area is 110 Å². The summed E-state index contributed by atoms with van der Waals surface area (Å²) in [5, 5.41) is 0.661. The maximum atomic E-state index is 12.1. The predicted molar refractivity (Wildman–Crippen MR) is 76.6 cm³/mol. The van der Waals surface area contributed by atoms with Crippen molar-refractivity contribution in [2.75, 3.05) is 0 Å². The maximum Gasteiger partial charge on any atom is 0.261 e. The molecule has 18 heavy (non-hydrogen) atoms. The summed E-state index contributed by atoms with van der Waals surface area (Å²) in [6.45, 7) is 0.652. The first-order valence-electron chi connectivity index (χ1n) is 5.91. The summed E-state index contributed by atoms with van der Waals surface area (Å²) in [5.41, 5.74) is 6.17. The number of para-hydroxylation sites is 1. The Balaban J connectivity index is 2.12. The number of aromatic nitrogens is 2. The summed E-state index contributed by atoms with van der Waals surface area (Å²) in [7, 11) is 0. The summed E-state index contributed by atoms with van der Waals surface area (Å²) in [6, 6.07) is 7.37. The second kappa shape index (κ2) is 5.73. The van der Waals surface area contributed by atoms with Crippen molar-refractivity contribution in [3.05, 3.63) is 40.9 Å². The van der Waals surface area contributed by atoms with Crippen molar-refractivity contribution >= 4 is 28.1 Å². The zero-order chi connectivity index (χ0) is 13.0. The number of fused-ring (bicyclic) bond motifs is 1. The number of rotatable bonds is 5. The van der Waals surface area contributed by atoms with Gasteiger partial charge in [-0.2, -0.15) is 0 Å². The van der Waals surface area contributed by atoms with Gasteiger partial charge < -0.3 is 5.73 Å². The van der Waals surface area contributed by atoms with Crippen molar-refractivity contribution in [3.8, 4) is 0 Å². The normalized spacial score (nSPS) is 10.7. The summed E-state index contributed by atoms with van der Waals surface area (Å²) in [5.74, 6) is 0. The number of nitrogens with two attached hydrogens (primary N) is 1. The Morgan fingerprint density at radius 3 is 2.89 bits per heavy atom. The lowest BCUT2D eigenvalue weighted by molar-refractivity contribution is 0.598. The minimum absolute atomic E-state index is 0.0101. The molecule has 1 heterocycles. The molecule has 0 unspecified atom stereocenters. The zero-order valence-electron chi connectivity index (χ0n) is 10.0. The third-order valence-corrected chi connectivity index (χ3v) is 3.01. The highest BCUT2D eigenvalue weighted by Crippen LogP contribution is 2.05. The monoisotopic (exact) mass is 261 g/mol. The fourth-order valence-corrected chi connectivity index (χ4v) is 1.99. The van der Waals surface area contributed by atoms with Gasteiger partial charge in [0.05, 0.1) is 22.2 Å². The lowest BCUT2D eigenvalue weighted by atomic mass is 10.2. The van der Waals surface area contributed by atoms with Gasteiger partial charge in [0.2, 0.25) is 0 Å². The molecule has 1 aromatic carbocycles. The van der Waals surface area contributed by atoms with Gasteiger partial charge in [-0.1, -0.05) is 24.4 Å². The second-order valence-electron chi connectivity index (χ2n) is 4.18. The number of aryl methyl sites for hydroxylation is 1. The average Bonchev–Trinajstić information content (AvgIpc) is 2.37. The molecule has 0 radical (unpaired) electrons. The maximum absolute atomic E-state index is 12.1. The highest BCUT2D eigenvalue weighted by molar-refractivity contribution is 7.80. The van der Waals surface area contributed by atoms with Crippen molar-refractivity contribution in [3.63, 3.8) is 0 Å². The zero-order valence-corrected chi connectivity index (χ0v) is 10.8. The molecule has 0 atom stereocenters. The molecule has 2 rings (SSSR count). The number of thiocarbonyl (C=S) groups is 1. The molecule has 0 spiro atoms. The van der Waals surface area contributed by atoms with Gasteiger partial charge in [-0.3, -0.25) is 9.36 Å². The van der Waals surface area contributed by atoms with Crippen LogP contribution < -0.4 is 11.3 Å². The topological polar surface area (TPSA) is 60.9 Å². The van der Waals surface area contributed by atoms with Gasteiger partial charge >= 0.3 is 0 Å². The molecule has 0 aliphatic carbocycles. The SMILES string of the molecule is NC(=S)CCCCn1cnc2ccccc2c1=O. The molecule has 0 fully saturated rings. The van der Waals surface area contributed by atoms with Crippen molar-refractivity contribution in [2.45, 2.75) is 25.8 Å². The molecule has 2 N–H and O–H groups in total. The summed E-state index contributed by atoms with van der Waals surface area (Å²) < 4.78 is 1.64. The van der Waals surface area contributed by atoms with E-state index in [1.807, 2.05) is 18.2 Å². The van der Waals surface area contributed by atoms with Crippen molar-refractivity contribution in [1.82, 2.24) is 9.55 Å². The molecule has 1 aromatic heterocycles. The van der Waals surface area contributed by atoms with Gasteiger partial charge in [0.15, 0.2) is 0 Å². The van der Waals surface area contributed by atoms with Gasteiger partial charge in [0, 0.05) is 6.54 Å². The molecule has 0 saturated carbocycles. The number of nitrogens with zero attached hydrogens (tertiary/aromatic N) is 2. The third-order valence-electron chi connectivity index (χ3n) is 2.80. The fourth-order valence-electron chi connectivity index (χ4n) is 1.85. The van der Waals surface area contributed by atoms with E-state index in [9.17, 15) is 4.79 Å². The van der Waals surface area contributed by atoms with Crippen LogP contribution in [0.2, 0.25) is 0 Å². The molecule has 4 nitrogen and oxygen atoms in total. The number of hydrogen-bond acceptors (Lipinski definition) is 3. The molecule has 0 saturated heterocycles. The third kappa shape index (κ3) is 2.92. The van der Waals surface area contributed by atoms with Crippen LogP contribution in [-0.4, -0.2) is 14.5 Å². The van der Waals surface area contributed by atoms with Crippen LogP contribution in [0.3, 0.4) is 0 Å². The number of benzene rings is 1. The Morgan fingerprint density at radius 1 is 1.33 bits per heavy atom. The van der Waals surface area contributed by atoms with Gasteiger partial charge in [0.1, 0.15) is 0 Å². The Morgan fingerprint density at radius 2 is 2.11 bits per heavy atom. The summed E-state index contributed by atoms with van der Waals surface area (Å²) >= 11 is 4.81. The highest BCUT2D eigenvalue weighted by Gasteiger charge is 2.02. The summed E-state index contributed by atoms with van der Waals surface area (Å²) in [4.78, 5) is 16.9. The van der Waals surface area contributed by atoms with Crippen LogP contribution in [0, 0.1) is 0 Å². The lowest BCUT2D eigenvalue weighted by Gasteiger charge is -2.06. The first-order chi connectivity index (χ1) is 8.68. The van der Waals surface area contributed by atoms with Crippen LogP contribution in [0.1, 0.15) is 19.3 Å². The molecule has 2 aromatic rings. The van der Waals surface area contributed by atoms with E-state index in [4.69, 9.17) is 18.0 Å². The first kappa shape index (κ1) is 12.7. The van der Waals surface area contributed by atoms with Crippen molar-refractivity contribution in [2.24, 2.45) is 5.73 Å². The molecular formula is C13H15N3OS.